The molecule has 0 saturated carbocycles. The van der Waals surface area contributed by atoms with Crippen LogP contribution < -0.4 is 9.80 Å². The molecule has 0 aliphatic carbocycles. The van der Waals surface area contributed by atoms with Gasteiger partial charge in [0, 0.05) is 31.1 Å². The second-order valence-corrected chi connectivity index (χ2v) is 12.3. The zero-order valence-electron chi connectivity index (χ0n) is 23.0. The Bertz CT molecular complexity index is 1610. The first-order valence-corrected chi connectivity index (χ1v) is 14.6. The van der Waals surface area contributed by atoms with Gasteiger partial charge in [0.1, 0.15) is 5.76 Å². The molecule has 1 aliphatic rings. The molecule has 1 amide bonds. The molecule has 4 aromatic rings. The Kier molecular flexibility index (Phi) is 7.78. The molecule has 1 aliphatic heterocycles. The van der Waals surface area contributed by atoms with E-state index in [2.05, 4.69) is 34.5 Å². The van der Waals surface area contributed by atoms with Gasteiger partial charge in [-0.2, -0.15) is 0 Å². The molecule has 1 aromatic heterocycles. The number of aliphatic hydroxyl groups is 1. The number of hydrogen-bond donors (Lipinski definition) is 1. The number of aromatic nitrogens is 2. The van der Waals surface area contributed by atoms with E-state index in [1.54, 1.807) is 0 Å². The van der Waals surface area contributed by atoms with Gasteiger partial charge in [0.2, 0.25) is 5.13 Å². The third-order valence-electron chi connectivity index (χ3n) is 6.90. The van der Waals surface area contributed by atoms with Gasteiger partial charge in [-0.15, -0.1) is 10.2 Å². The van der Waals surface area contributed by atoms with Crippen molar-refractivity contribution in [1.29, 1.82) is 0 Å². The Balaban J connectivity index is 1.56. The lowest BCUT2D eigenvalue weighted by Crippen LogP contribution is -2.29. The van der Waals surface area contributed by atoms with Gasteiger partial charge in [-0.1, -0.05) is 82.8 Å². The minimum Gasteiger partial charge on any atom is -0.507 e. The average molecular weight is 571 g/mol. The molecule has 7 nitrogen and oxygen atoms in total. The number of carbonyl (C=O) groups is 2. The molecule has 2 heterocycles. The number of nitrogens with zero attached hydrogens (tertiary/aromatic N) is 4. The van der Waals surface area contributed by atoms with Crippen molar-refractivity contribution in [3.63, 3.8) is 0 Å². The molecular formula is C31H30N4O3S2. The molecule has 1 unspecified atom stereocenters. The quantitative estimate of drug-likeness (QED) is 0.0899. The Morgan fingerprint density at radius 2 is 1.62 bits per heavy atom. The van der Waals surface area contributed by atoms with Crippen LogP contribution in [0.3, 0.4) is 0 Å². The molecule has 3 aromatic carbocycles. The van der Waals surface area contributed by atoms with Gasteiger partial charge in [0.25, 0.3) is 5.78 Å². The van der Waals surface area contributed by atoms with Crippen molar-refractivity contribution >= 4 is 51.4 Å². The number of aliphatic hydroxyl groups excluding tert-OH is 1. The predicted molar refractivity (Wildman–Crippen MR) is 162 cm³/mol. The van der Waals surface area contributed by atoms with Crippen LogP contribution in [0.25, 0.3) is 5.76 Å². The standard InChI is InChI=1S/C31H30N4O3S2/c1-18-7-10-21(11-8-18)17-39-31-33-32-30(40-31)35-26(22-12-14-23(15-13-22)34(4)5)25(28(37)29(35)38)27(36)24-16-19(2)6-9-20(24)3/h6-16,26,36H,17H2,1-5H3/b27-25+. The second-order valence-electron chi connectivity index (χ2n) is 10.1. The SMILES string of the molecule is Cc1ccc(CSc2nnc(N3C(=O)C(=O)/C(=C(/O)c4cc(C)ccc4C)C3c3ccc(N(C)C)cc3)s2)cc1. The van der Waals surface area contributed by atoms with Gasteiger partial charge >= 0.3 is 5.91 Å². The number of hydrogen-bond acceptors (Lipinski definition) is 8. The maximum atomic E-state index is 13.5. The van der Waals surface area contributed by atoms with Crippen molar-refractivity contribution in [3.8, 4) is 0 Å². The summed E-state index contributed by atoms with van der Waals surface area (Å²) in [5.74, 6) is -0.971. The van der Waals surface area contributed by atoms with Gasteiger partial charge in [-0.3, -0.25) is 14.5 Å². The molecule has 1 atom stereocenters. The molecule has 1 N–H and O–H groups in total. The average Bonchev–Trinajstić information content (AvgIpc) is 3.51. The van der Waals surface area contributed by atoms with E-state index in [4.69, 9.17) is 0 Å². The minimum atomic E-state index is -0.848. The summed E-state index contributed by atoms with van der Waals surface area (Å²) < 4.78 is 0.689. The van der Waals surface area contributed by atoms with Crippen molar-refractivity contribution < 1.29 is 14.7 Å². The van der Waals surface area contributed by atoms with Gasteiger partial charge in [-0.25, -0.2) is 0 Å². The van der Waals surface area contributed by atoms with Crippen LogP contribution in [0, 0.1) is 20.8 Å². The molecule has 0 bridgehead atoms. The highest BCUT2D eigenvalue weighted by Crippen LogP contribution is 2.44. The van der Waals surface area contributed by atoms with Crippen LogP contribution in [0.15, 0.2) is 76.6 Å². The van der Waals surface area contributed by atoms with Crippen molar-refractivity contribution in [2.45, 2.75) is 36.9 Å². The number of thioether (sulfide) groups is 1. The first-order chi connectivity index (χ1) is 19.1. The van der Waals surface area contributed by atoms with Crippen LogP contribution >= 0.6 is 23.1 Å². The summed E-state index contributed by atoms with van der Waals surface area (Å²) >= 11 is 2.79. The van der Waals surface area contributed by atoms with Crippen LogP contribution in [0.5, 0.6) is 0 Å². The van der Waals surface area contributed by atoms with E-state index < -0.39 is 17.7 Å². The summed E-state index contributed by atoms with van der Waals surface area (Å²) in [6, 6.07) is 20.7. The number of aryl methyl sites for hydroxylation is 3. The van der Waals surface area contributed by atoms with Crippen molar-refractivity contribution in [2.75, 3.05) is 23.9 Å². The van der Waals surface area contributed by atoms with Gasteiger partial charge in [-0.05, 0) is 55.7 Å². The number of benzene rings is 3. The second kappa shape index (κ2) is 11.3. The van der Waals surface area contributed by atoms with Crippen molar-refractivity contribution in [2.24, 2.45) is 0 Å². The van der Waals surface area contributed by atoms with E-state index in [0.29, 0.717) is 26.4 Å². The number of ketones is 1. The van der Waals surface area contributed by atoms with Crippen molar-refractivity contribution in [3.05, 3.63) is 106 Å². The molecule has 0 radical (unpaired) electrons. The fourth-order valence-electron chi connectivity index (χ4n) is 4.62. The predicted octanol–water partition coefficient (Wildman–Crippen LogP) is 6.45. The van der Waals surface area contributed by atoms with Crippen LogP contribution in [0.4, 0.5) is 10.8 Å². The summed E-state index contributed by atoms with van der Waals surface area (Å²) in [5.41, 5.74) is 6.33. The minimum absolute atomic E-state index is 0.0420. The van der Waals surface area contributed by atoms with Crippen molar-refractivity contribution in [1.82, 2.24) is 10.2 Å². The molecular weight excluding hydrogens is 541 g/mol. The van der Waals surface area contributed by atoms with Crippen LogP contribution in [-0.2, 0) is 15.3 Å². The monoisotopic (exact) mass is 570 g/mol. The first-order valence-electron chi connectivity index (χ1n) is 12.8. The number of amides is 1. The summed E-state index contributed by atoms with van der Waals surface area (Å²) in [4.78, 5) is 30.4. The van der Waals surface area contributed by atoms with E-state index >= 15 is 0 Å². The zero-order chi connectivity index (χ0) is 28.6. The van der Waals surface area contributed by atoms with Crippen LogP contribution in [0.1, 0.15) is 39.4 Å². The molecule has 1 saturated heterocycles. The topological polar surface area (TPSA) is 86.6 Å². The number of Topliss-reactive ketones (excluding diaryl/α,β-unsaturated/α-hetero) is 1. The normalized spacial score (nSPS) is 16.5. The fourth-order valence-corrected chi connectivity index (χ4v) is 6.45. The Hall–Kier alpha value is -3.95. The number of carbonyl (C=O) groups excluding carboxylic acids is 2. The lowest BCUT2D eigenvalue weighted by Gasteiger charge is -2.23. The molecule has 5 rings (SSSR count). The van der Waals surface area contributed by atoms with Gasteiger partial charge in [0.15, 0.2) is 4.34 Å². The van der Waals surface area contributed by atoms with Crippen LogP contribution in [0.2, 0.25) is 0 Å². The third kappa shape index (κ3) is 5.39. The number of rotatable bonds is 7. The largest absolute Gasteiger partial charge is 0.507 e. The smallest absolute Gasteiger partial charge is 0.301 e. The fraction of sp³-hybridized carbons (Fsp3) is 0.226. The number of anilines is 2. The van der Waals surface area contributed by atoms with E-state index in [1.165, 1.54) is 33.6 Å². The van der Waals surface area contributed by atoms with E-state index in [1.807, 2.05) is 82.2 Å². The Labute approximate surface area is 242 Å². The highest BCUT2D eigenvalue weighted by molar-refractivity contribution is 8.00. The summed E-state index contributed by atoms with van der Waals surface area (Å²) in [6.07, 6.45) is 0. The molecule has 40 heavy (non-hydrogen) atoms. The molecule has 0 spiro atoms. The summed E-state index contributed by atoms with van der Waals surface area (Å²) in [5, 5.41) is 20.5. The van der Waals surface area contributed by atoms with E-state index in [-0.39, 0.29) is 11.3 Å². The summed E-state index contributed by atoms with van der Waals surface area (Å²) in [6.45, 7) is 5.84. The van der Waals surface area contributed by atoms with Gasteiger partial charge in [0.05, 0.1) is 11.6 Å². The lowest BCUT2D eigenvalue weighted by molar-refractivity contribution is -0.132. The maximum Gasteiger partial charge on any atom is 0.301 e. The third-order valence-corrected chi connectivity index (χ3v) is 9.03. The van der Waals surface area contributed by atoms with E-state index in [9.17, 15) is 14.7 Å². The molecule has 204 valence electrons. The Morgan fingerprint density at radius 1 is 0.950 bits per heavy atom. The molecule has 9 heteroatoms. The zero-order valence-corrected chi connectivity index (χ0v) is 24.6. The van der Waals surface area contributed by atoms with Gasteiger partial charge < -0.3 is 10.0 Å². The van der Waals surface area contributed by atoms with E-state index in [0.717, 1.165) is 22.4 Å². The highest BCUT2D eigenvalue weighted by atomic mass is 32.2. The van der Waals surface area contributed by atoms with Crippen LogP contribution in [-0.4, -0.2) is 41.1 Å². The highest BCUT2D eigenvalue weighted by Gasteiger charge is 2.48. The molecule has 1 fully saturated rings. The maximum absolute atomic E-state index is 13.5. The first kappa shape index (κ1) is 27.6. The summed E-state index contributed by atoms with van der Waals surface area (Å²) in [7, 11) is 3.89. The lowest BCUT2D eigenvalue weighted by atomic mass is 9.93. The Morgan fingerprint density at radius 3 is 2.30 bits per heavy atom.